The molecule has 3 heteroatoms. The highest BCUT2D eigenvalue weighted by Gasteiger charge is 2.29. The summed E-state index contributed by atoms with van der Waals surface area (Å²) in [4.78, 5) is 2.50. The number of hydrogen-bond donors (Lipinski definition) is 1. The van der Waals surface area contributed by atoms with E-state index in [1.54, 1.807) is 11.3 Å². The number of nitrogens with zero attached hydrogens (tertiary/aromatic N) is 1. The number of nitrogens with one attached hydrogen (secondary N) is 1. The molecule has 3 rings (SSSR count). The van der Waals surface area contributed by atoms with Gasteiger partial charge in [0, 0.05) is 36.2 Å². The first-order valence-corrected chi connectivity index (χ1v) is 6.39. The van der Waals surface area contributed by atoms with E-state index in [9.17, 15) is 0 Å². The summed E-state index contributed by atoms with van der Waals surface area (Å²) in [6.07, 6.45) is 4.11. The van der Waals surface area contributed by atoms with Crippen LogP contribution in [0.5, 0.6) is 0 Å². The monoisotopic (exact) mass is 208 g/mol. The normalized spacial score (nSPS) is 27.1. The Morgan fingerprint density at radius 1 is 1.29 bits per heavy atom. The molecule has 1 aliphatic heterocycles. The summed E-state index contributed by atoms with van der Waals surface area (Å²) in [6.45, 7) is 2.42. The fourth-order valence-corrected chi connectivity index (χ4v) is 2.82. The molecule has 1 aromatic rings. The third kappa shape index (κ3) is 1.79. The molecule has 1 aromatic heterocycles. The van der Waals surface area contributed by atoms with E-state index in [0.29, 0.717) is 0 Å². The molecular formula is C11H16N2S. The second kappa shape index (κ2) is 3.55. The van der Waals surface area contributed by atoms with E-state index in [4.69, 9.17) is 0 Å². The van der Waals surface area contributed by atoms with Crippen molar-refractivity contribution in [3.05, 3.63) is 16.8 Å². The smallest absolute Gasteiger partial charge is 0.0475 e. The van der Waals surface area contributed by atoms with Gasteiger partial charge in [-0.3, -0.25) is 0 Å². The van der Waals surface area contributed by atoms with Crippen molar-refractivity contribution >= 4 is 17.0 Å². The zero-order chi connectivity index (χ0) is 9.38. The van der Waals surface area contributed by atoms with Gasteiger partial charge in [-0.25, -0.2) is 0 Å². The Kier molecular flexibility index (Phi) is 2.22. The molecule has 1 unspecified atom stereocenters. The number of hydrogen-bond acceptors (Lipinski definition) is 3. The van der Waals surface area contributed by atoms with Crippen molar-refractivity contribution in [2.75, 3.05) is 18.0 Å². The van der Waals surface area contributed by atoms with Crippen LogP contribution in [0.4, 0.5) is 5.69 Å². The second-order valence-electron chi connectivity index (χ2n) is 4.35. The lowest BCUT2D eigenvalue weighted by molar-refractivity contribution is 0.548. The molecule has 1 atom stereocenters. The highest BCUT2D eigenvalue weighted by atomic mass is 32.1. The molecule has 0 bridgehead atoms. The van der Waals surface area contributed by atoms with Crippen LogP contribution in [0, 0.1) is 0 Å². The predicted molar refractivity (Wildman–Crippen MR) is 61.1 cm³/mol. The van der Waals surface area contributed by atoms with Gasteiger partial charge in [0.2, 0.25) is 0 Å². The van der Waals surface area contributed by atoms with Gasteiger partial charge in [-0.1, -0.05) is 0 Å². The van der Waals surface area contributed by atoms with Gasteiger partial charge in [0.15, 0.2) is 0 Å². The molecule has 0 radical (unpaired) electrons. The summed E-state index contributed by atoms with van der Waals surface area (Å²) < 4.78 is 0. The van der Waals surface area contributed by atoms with E-state index in [-0.39, 0.29) is 0 Å². The Hall–Kier alpha value is -0.540. The number of anilines is 1. The van der Waals surface area contributed by atoms with Crippen molar-refractivity contribution in [2.45, 2.75) is 31.3 Å². The third-order valence-electron chi connectivity index (χ3n) is 3.11. The average molecular weight is 208 g/mol. The zero-order valence-corrected chi connectivity index (χ0v) is 9.09. The number of thiophene rings is 1. The third-order valence-corrected chi connectivity index (χ3v) is 3.78. The maximum Gasteiger partial charge on any atom is 0.0475 e. The van der Waals surface area contributed by atoms with Crippen LogP contribution in [0.25, 0.3) is 0 Å². The van der Waals surface area contributed by atoms with E-state index in [2.05, 4.69) is 27.0 Å². The lowest BCUT2D eigenvalue weighted by Gasteiger charge is -2.17. The van der Waals surface area contributed by atoms with Crippen molar-refractivity contribution in [1.29, 1.82) is 0 Å². The van der Waals surface area contributed by atoms with E-state index >= 15 is 0 Å². The minimum atomic E-state index is 0.738. The molecule has 2 heterocycles. The van der Waals surface area contributed by atoms with Crippen LogP contribution in [0.3, 0.4) is 0 Å². The maximum absolute atomic E-state index is 3.71. The number of rotatable bonds is 3. The van der Waals surface area contributed by atoms with Crippen molar-refractivity contribution in [1.82, 2.24) is 5.32 Å². The van der Waals surface area contributed by atoms with E-state index in [0.717, 1.165) is 12.1 Å². The largest absolute Gasteiger partial charge is 0.369 e. The minimum absolute atomic E-state index is 0.738. The Labute approximate surface area is 88.9 Å². The molecule has 0 spiro atoms. The van der Waals surface area contributed by atoms with Gasteiger partial charge in [-0.2, -0.15) is 11.3 Å². The molecular weight excluding hydrogens is 192 g/mol. The van der Waals surface area contributed by atoms with Crippen molar-refractivity contribution in [3.63, 3.8) is 0 Å². The van der Waals surface area contributed by atoms with Gasteiger partial charge in [-0.05, 0) is 30.7 Å². The van der Waals surface area contributed by atoms with Gasteiger partial charge in [0.05, 0.1) is 0 Å². The Morgan fingerprint density at radius 3 is 2.93 bits per heavy atom. The van der Waals surface area contributed by atoms with E-state index in [1.807, 2.05) is 0 Å². The molecule has 2 fully saturated rings. The zero-order valence-electron chi connectivity index (χ0n) is 8.28. The van der Waals surface area contributed by atoms with Crippen LogP contribution in [-0.2, 0) is 0 Å². The SMILES string of the molecule is c1cc(N2CCC(NC3CC3)C2)cs1. The second-order valence-corrected chi connectivity index (χ2v) is 5.13. The lowest BCUT2D eigenvalue weighted by atomic mass is 10.2. The quantitative estimate of drug-likeness (QED) is 0.818. The van der Waals surface area contributed by atoms with Crippen LogP contribution in [0.2, 0.25) is 0 Å². The lowest BCUT2D eigenvalue weighted by Crippen LogP contribution is -2.33. The fourth-order valence-electron chi connectivity index (χ4n) is 2.15. The molecule has 1 aliphatic carbocycles. The van der Waals surface area contributed by atoms with E-state index < -0.39 is 0 Å². The minimum Gasteiger partial charge on any atom is -0.369 e. The topological polar surface area (TPSA) is 15.3 Å². The molecule has 1 saturated carbocycles. The summed E-state index contributed by atoms with van der Waals surface area (Å²) in [7, 11) is 0. The molecule has 0 aromatic carbocycles. The summed E-state index contributed by atoms with van der Waals surface area (Å²) in [5.74, 6) is 0. The highest BCUT2D eigenvalue weighted by Crippen LogP contribution is 2.25. The van der Waals surface area contributed by atoms with Gasteiger partial charge < -0.3 is 10.2 Å². The van der Waals surface area contributed by atoms with Crippen LogP contribution in [0.1, 0.15) is 19.3 Å². The first kappa shape index (κ1) is 8.74. The Morgan fingerprint density at radius 2 is 2.21 bits per heavy atom. The van der Waals surface area contributed by atoms with Crippen molar-refractivity contribution in [2.24, 2.45) is 0 Å². The van der Waals surface area contributed by atoms with Crippen LogP contribution >= 0.6 is 11.3 Å². The molecule has 76 valence electrons. The molecule has 1 saturated heterocycles. The van der Waals surface area contributed by atoms with Gasteiger partial charge in [-0.15, -0.1) is 0 Å². The molecule has 14 heavy (non-hydrogen) atoms. The summed E-state index contributed by atoms with van der Waals surface area (Å²) in [5.41, 5.74) is 1.41. The summed E-state index contributed by atoms with van der Waals surface area (Å²) >= 11 is 1.79. The molecule has 2 nitrogen and oxygen atoms in total. The van der Waals surface area contributed by atoms with Gasteiger partial charge >= 0.3 is 0 Å². The average Bonchev–Trinajstić information content (AvgIpc) is 2.71. The van der Waals surface area contributed by atoms with Crippen molar-refractivity contribution < 1.29 is 0 Å². The first-order chi connectivity index (χ1) is 6.92. The van der Waals surface area contributed by atoms with Crippen LogP contribution < -0.4 is 10.2 Å². The molecule has 2 aliphatic rings. The molecule has 1 N–H and O–H groups in total. The fraction of sp³-hybridized carbons (Fsp3) is 0.636. The van der Waals surface area contributed by atoms with Crippen LogP contribution in [0.15, 0.2) is 16.8 Å². The summed E-state index contributed by atoms with van der Waals surface area (Å²) in [5, 5.41) is 8.12. The maximum atomic E-state index is 3.71. The predicted octanol–water partition coefficient (Wildman–Crippen LogP) is 2.08. The highest BCUT2D eigenvalue weighted by molar-refractivity contribution is 7.08. The molecule has 0 amide bonds. The Balaban J connectivity index is 1.58. The van der Waals surface area contributed by atoms with Gasteiger partial charge in [0.25, 0.3) is 0 Å². The Bertz CT molecular complexity index is 292. The van der Waals surface area contributed by atoms with Crippen LogP contribution in [-0.4, -0.2) is 25.2 Å². The summed E-state index contributed by atoms with van der Waals surface area (Å²) in [6, 6.07) is 3.81. The standard InChI is InChI=1S/C11H16N2S/c1-2-9(1)12-10-3-5-13(7-10)11-4-6-14-8-11/h4,6,8-10,12H,1-3,5,7H2. The first-order valence-electron chi connectivity index (χ1n) is 5.45. The van der Waals surface area contributed by atoms with E-state index in [1.165, 1.54) is 38.0 Å². The van der Waals surface area contributed by atoms with Gasteiger partial charge in [0.1, 0.15) is 0 Å². The van der Waals surface area contributed by atoms with Crippen molar-refractivity contribution in [3.8, 4) is 0 Å².